The van der Waals surface area contributed by atoms with E-state index in [1.54, 1.807) is 11.1 Å². The smallest absolute Gasteiger partial charge is 0.116 e. The van der Waals surface area contributed by atoms with Gasteiger partial charge in [-0.3, -0.25) is 0 Å². The number of benzene rings is 2. The summed E-state index contributed by atoms with van der Waals surface area (Å²) in [5.74, 6) is 1.03. The van der Waals surface area contributed by atoms with Gasteiger partial charge >= 0.3 is 0 Å². The molecule has 1 N–H and O–H groups in total. The van der Waals surface area contributed by atoms with Crippen LogP contribution in [0.2, 0.25) is 0 Å². The van der Waals surface area contributed by atoms with Gasteiger partial charge in [0.15, 0.2) is 0 Å². The zero-order valence-corrected chi connectivity index (χ0v) is 11.2. The largest absolute Gasteiger partial charge is 0.508 e. The minimum atomic E-state index is 0.362. The maximum absolute atomic E-state index is 9.61. The van der Waals surface area contributed by atoms with Crippen LogP contribution < -0.4 is 0 Å². The maximum Gasteiger partial charge on any atom is 0.116 e. The van der Waals surface area contributed by atoms with E-state index in [4.69, 9.17) is 0 Å². The number of aromatic hydroxyl groups is 1. The normalized spacial score (nSPS) is 21.6. The van der Waals surface area contributed by atoms with Crippen molar-refractivity contribution in [1.82, 2.24) is 0 Å². The molecule has 0 bridgehead atoms. The van der Waals surface area contributed by atoms with Crippen LogP contribution in [-0.4, -0.2) is 5.11 Å². The van der Waals surface area contributed by atoms with Crippen molar-refractivity contribution in [3.63, 3.8) is 0 Å². The molecule has 0 amide bonds. The molecule has 0 aromatic heterocycles. The van der Waals surface area contributed by atoms with Crippen molar-refractivity contribution in [2.45, 2.75) is 38.5 Å². The number of hydrogen-bond donors (Lipinski definition) is 1. The third-order valence-electron chi connectivity index (χ3n) is 4.95. The molecule has 2 aliphatic carbocycles. The van der Waals surface area contributed by atoms with Gasteiger partial charge in [-0.05, 0) is 66.6 Å². The van der Waals surface area contributed by atoms with E-state index in [9.17, 15) is 5.11 Å². The van der Waals surface area contributed by atoms with Crippen molar-refractivity contribution in [2.24, 2.45) is 0 Å². The van der Waals surface area contributed by atoms with E-state index in [-0.39, 0.29) is 0 Å². The van der Waals surface area contributed by atoms with Crippen molar-refractivity contribution < 1.29 is 5.11 Å². The van der Waals surface area contributed by atoms with Crippen LogP contribution in [0.5, 0.6) is 5.75 Å². The second-order valence-electron chi connectivity index (χ2n) is 5.94. The molecule has 96 valence electrons. The number of phenols is 1. The molecular formula is C18H18O. The highest BCUT2D eigenvalue weighted by Gasteiger charge is 2.30. The molecule has 1 atom stereocenters. The molecule has 0 aliphatic heterocycles. The second-order valence-corrected chi connectivity index (χ2v) is 5.94. The van der Waals surface area contributed by atoms with E-state index in [0.717, 1.165) is 6.42 Å². The summed E-state index contributed by atoms with van der Waals surface area (Å²) in [7, 11) is 0. The summed E-state index contributed by atoms with van der Waals surface area (Å²) in [6.45, 7) is 2.30. The predicted octanol–water partition coefficient (Wildman–Crippen LogP) is 4.69. The molecule has 0 heterocycles. The molecule has 2 aliphatic rings. The van der Waals surface area contributed by atoms with E-state index in [1.807, 2.05) is 12.1 Å². The van der Waals surface area contributed by atoms with Crippen LogP contribution in [0.4, 0.5) is 0 Å². The maximum atomic E-state index is 9.61. The van der Waals surface area contributed by atoms with Gasteiger partial charge in [-0.25, -0.2) is 0 Å². The lowest BCUT2D eigenvalue weighted by molar-refractivity contribution is 0.476. The average Bonchev–Trinajstić information content (AvgIpc) is 2.80. The lowest BCUT2D eigenvalue weighted by Gasteiger charge is -2.26. The van der Waals surface area contributed by atoms with E-state index in [0.29, 0.717) is 11.7 Å². The number of allylic oxidation sites excluding steroid dienone is 2. The van der Waals surface area contributed by atoms with Gasteiger partial charge in [-0.1, -0.05) is 29.3 Å². The summed E-state index contributed by atoms with van der Waals surface area (Å²) in [5, 5.41) is 12.1. The quantitative estimate of drug-likeness (QED) is 0.673. The SMILES string of the molecule is CC1=C2CCc3c(ccc4cc(O)ccc34)C2CC1. The van der Waals surface area contributed by atoms with Crippen LogP contribution >= 0.6 is 0 Å². The third-order valence-corrected chi connectivity index (χ3v) is 4.95. The van der Waals surface area contributed by atoms with Crippen LogP contribution in [0.15, 0.2) is 41.5 Å². The second kappa shape index (κ2) is 3.86. The molecule has 1 unspecified atom stereocenters. The fourth-order valence-electron chi connectivity index (χ4n) is 3.99. The lowest BCUT2D eigenvalue weighted by atomic mass is 9.78. The van der Waals surface area contributed by atoms with Crippen molar-refractivity contribution in [3.8, 4) is 5.75 Å². The summed E-state index contributed by atoms with van der Waals surface area (Å²) < 4.78 is 0. The van der Waals surface area contributed by atoms with Crippen molar-refractivity contribution >= 4 is 10.8 Å². The Bertz CT molecular complexity index is 709. The third kappa shape index (κ3) is 1.54. The Morgan fingerprint density at radius 2 is 1.95 bits per heavy atom. The molecular weight excluding hydrogens is 232 g/mol. The van der Waals surface area contributed by atoms with E-state index < -0.39 is 0 Å². The summed E-state index contributed by atoms with van der Waals surface area (Å²) >= 11 is 0. The molecule has 1 nitrogen and oxygen atoms in total. The highest BCUT2D eigenvalue weighted by atomic mass is 16.3. The van der Waals surface area contributed by atoms with Crippen molar-refractivity contribution in [1.29, 1.82) is 0 Å². The van der Waals surface area contributed by atoms with E-state index in [2.05, 4.69) is 25.1 Å². The molecule has 0 spiro atoms. The van der Waals surface area contributed by atoms with Crippen LogP contribution in [0.1, 0.15) is 43.2 Å². The number of fused-ring (bicyclic) bond motifs is 5. The summed E-state index contributed by atoms with van der Waals surface area (Å²) in [4.78, 5) is 0. The minimum absolute atomic E-state index is 0.362. The number of rotatable bonds is 0. The first-order valence-corrected chi connectivity index (χ1v) is 7.17. The number of aryl methyl sites for hydroxylation is 1. The Balaban J connectivity index is 1.96. The van der Waals surface area contributed by atoms with Crippen molar-refractivity contribution in [3.05, 3.63) is 52.6 Å². The van der Waals surface area contributed by atoms with Crippen LogP contribution in [-0.2, 0) is 6.42 Å². The highest BCUT2D eigenvalue weighted by Crippen LogP contribution is 2.47. The zero-order chi connectivity index (χ0) is 13.0. The topological polar surface area (TPSA) is 20.2 Å². The monoisotopic (exact) mass is 250 g/mol. The Hall–Kier alpha value is -1.76. The fourth-order valence-corrected chi connectivity index (χ4v) is 3.99. The highest BCUT2D eigenvalue weighted by molar-refractivity contribution is 5.88. The minimum Gasteiger partial charge on any atom is -0.508 e. The van der Waals surface area contributed by atoms with Crippen molar-refractivity contribution in [2.75, 3.05) is 0 Å². The lowest BCUT2D eigenvalue weighted by Crippen LogP contribution is -2.10. The first-order valence-electron chi connectivity index (χ1n) is 7.17. The van der Waals surface area contributed by atoms with Crippen LogP contribution in [0.3, 0.4) is 0 Å². The summed E-state index contributed by atoms with van der Waals surface area (Å²) in [5.41, 5.74) is 6.38. The number of hydrogen-bond acceptors (Lipinski definition) is 1. The molecule has 0 radical (unpaired) electrons. The average molecular weight is 250 g/mol. The first kappa shape index (κ1) is 11.1. The molecule has 1 heteroatoms. The van der Waals surface area contributed by atoms with Gasteiger partial charge in [0.05, 0.1) is 0 Å². The standard InChI is InChI=1S/C18H18O/c1-11-2-5-16-14(11)8-9-17-15-7-4-13(19)10-12(15)3-6-18(16)17/h3-4,6-7,10,16,19H,2,5,8-9H2,1H3. The Kier molecular flexibility index (Phi) is 2.26. The fraction of sp³-hybridized carbons (Fsp3) is 0.333. The first-order chi connectivity index (χ1) is 9.24. The molecule has 2 aromatic carbocycles. The van der Waals surface area contributed by atoms with Crippen LogP contribution in [0, 0.1) is 0 Å². The summed E-state index contributed by atoms with van der Waals surface area (Å²) in [6.07, 6.45) is 4.94. The molecule has 4 rings (SSSR count). The molecule has 0 saturated heterocycles. The zero-order valence-electron chi connectivity index (χ0n) is 11.2. The summed E-state index contributed by atoms with van der Waals surface area (Å²) in [6, 6.07) is 10.2. The molecule has 2 aromatic rings. The van der Waals surface area contributed by atoms with Gasteiger partial charge in [-0.15, -0.1) is 0 Å². The van der Waals surface area contributed by atoms with E-state index in [1.165, 1.54) is 41.2 Å². The van der Waals surface area contributed by atoms with Gasteiger partial charge in [0.2, 0.25) is 0 Å². The Morgan fingerprint density at radius 3 is 2.84 bits per heavy atom. The van der Waals surface area contributed by atoms with Gasteiger partial charge in [0, 0.05) is 5.92 Å². The van der Waals surface area contributed by atoms with Gasteiger partial charge in [-0.2, -0.15) is 0 Å². The molecule has 0 saturated carbocycles. The van der Waals surface area contributed by atoms with Crippen LogP contribution in [0.25, 0.3) is 10.8 Å². The van der Waals surface area contributed by atoms with Gasteiger partial charge in [0.25, 0.3) is 0 Å². The Labute approximate surface area is 113 Å². The number of phenolic OH excluding ortho intramolecular Hbond substituents is 1. The van der Waals surface area contributed by atoms with Gasteiger partial charge in [0.1, 0.15) is 5.75 Å². The predicted molar refractivity (Wildman–Crippen MR) is 78.6 cm³/mol. The molecule has 0 fully saturated rings. The molecule has 19 heavy (non-hydrogen) atoms. The van der Waals surface area contributed by atoms with Gasteiger partial charge < -0.3 is 5.11 Å². The Morgan fingerprint density at radius 1 is 1.05 bits per heavy atom. The van der Waals surface area contributed by atoms with E-state index >= 15 is 0 Å².